The molecule has 0 spiro atoms. The number of hydrogen-bond donors (Lipinski definition) is 1. The van der Waals surface area contributed by atoms with Gasteiger partial charge in [0.2, 0.25) is 0 Å². The minimum atomic E-state index is -0.719. The zero-order valence-electron chi connectivity index (χ0n) is 12.8. The van der Waals surface area contributed by atoms with Gasteiger partial charge < -0.3 is 14.7 Å². The quantitative estimate of drug-likeness (QED) is 0.905. The van der Waals surface area contributed by atoms with Crippen LogP contribution in [0.1, 0.15) is 42.7 Å². The fraction of sp³-hybridized carbons (Fsp3) is 0.588. The molecule has 114 valence electrons. The van der Waals surface area contributed by atoms with E-state index in [4.69, 9.17) is 4.74 Å². The maximum atomic E-state index is 11.2. The molecule has 0 saturated heterocycles. The van der Waals surface area contributed by atoms with Gasteiger partial charge in [-0.2, -0.15) is 0 Å². The molecule has 1 fully saturated rings. The first-order valence-corrected chi connectivity index (χ1v) is 7.74. The maximum Gasteiger partial charge on any atom is 0.303 e. The number of methoxy groups -OCH3 is 1. The second-order valence-corrected chi connectivity index (χ2v) is 6.25. The topological polar surface area (TPSA) is 49.8 Å². The van der Waals surface area contributed by atoms with Crippen molar-refractivity contribution in [3.63, 3.8) is 0 Å². The van der Waals surface area contributed by atoms with E-state index in [2.05, 4.69) is 24.1 Å². The predicted octanol–water partition coefficient (Wildman–Crippen LogP) is 3.05. The Bertz CT molecular complexity index is 551. The summed E-state index contributed by atoms with van der Waals surface area (Å²) in [6.07, 6.45) is 4.61. The maximum absolute atomic E-state index is 11.2. The summed E-state index contributed by atoms with van der Waals surface area (Å²) < 4.78 is 5.71. The van der Waals surface area contributed by atoms with Gasteiger partial charge in [-0.15, -0.1) is 0 Å². The number of carboxylic acid groups (broad SMARTS) is 1. The Morgan fingerprint density at radius 2 is 2.24 bits per heavy atom. The number of nitrogens with zero attached hydrogens (tertiary/aromatic N) is 1. The van der Waals surface area contributed by atoms with Gasteiger partial charge in [0.05, 0.1) is 13.5 Å². The Balaban J connectivity index is 2.03. The summed E-state index contributed by atoms with van der Waals surface area (Å²) in [7, 11) is 3.81. The van der Waals surface area contributed by atoms with Crippen LogP contribution >= 0.6 is 0 Å². The van der Waals surface area contributed by atoms with E-state index < -0.39 is 5.97 Å². The number of aliphatic carboxylic acids is 1. The molecule has 0 aromatic heterocycles. The van der Waals surface area contributed by atoms with E-state index in [1.165, 1.54) is 11.3 Å². The highest BCUT2D eigenvalue weighted by Gasteiger charge is 2.36. The van der Waals surface area contributed by atoms with Gasteiger partial charge >= 0.3 is 5.97 Å². The summed E-state index contributed by atoms with van der Waals surface area (Å²) in [5, 5.41) is 9.22. The number of carboxylic acids is 1. The number of rotatable bonds is 5. The fourth-order valence-corrected chi connectivity index (χ4v) is 3.60. The summed E-state index contributed by atoms with van der Waals surface area (Å²) in [4.78, 5) is 13.5. The molecule has 4 nitrogen and oxygen atoms in total. The van der Waals surface area contributed by atoms with Crippen molar-refractivity contribution in [2.45, 2.75) is 38.0 Å². The first kappa shape index (κ1) is 14.2. The van der Waals surface area contributed by atoms with Gasteiger partial charge in [-0.05, 0) is 43.2 Å². The molecule has 2 aliphatic rings. The number of carbonyl (C=O) groups is 1. The van der Waals surface area contributed by atoms with E-state index in [1.54, 1.807) is 7.11 Å². The highest BCUT2D eigenvalue weighted by Crippen LogP contribution is 2.49. The smallest absolute Gasteiger partial charge is 0.303 e. The Morgan fingerprint density at radius 3 is 2.86 bits per heavy atom. The third kappa shape index (κ3) is 2.71. The van der Waals surface area contributed by atoms with Crippen LogP contribution in [0.25, 0.3) is 0 Å². The van der Waals surface area contributed by atoms with E-state index in [-0.39, 0.29) is 12.3 Å². The van der Waals surface area contributed by atoms with Crippen LogP contribution in [0, 0.1) is 5.92 Å². The van der Waals surface area contributed by atoms with E-state index in [0.717, 1.165) is 43.5 Å². The van der Waals surface area contributed by atoms with Crippen LogP contribution in [0.4, 0.5) is 5.69 Å². The highest BCUT2D eigenvalue weighted by molar-refractivity contribution is 5.70. The number of ether oxygens (including phenoxy) is 1. The molecule has 1 aliphatic carbocycles. The molecule has 0 radical (unpaired) electrons. The Morgan fingerprint density at radius 1 is 1.48 bits per heavy atom. The number of fused-ring (bicyclic) bond motifs is 1. The highest BCUT2D eigenvalue weighted by atomic mass is 16.5. The van der Waals surface area contributed by atoms with Crippen LogP contribution < -0.4 is 9.64 Å². The summed E-state index contributed by atoms with van der Waals surface area (Å²) in [6.45, 7) is 1.07. The average molecular weight is 289 g/mol. The summed E-state index contributed by atoms with van der Waals surface area (Å²) in [5.74, 6) is 0.811. The van der Waals surface area contributed by atoms with E-state index in [9.17, 15) is 9.90 Å². The molecule has 1 aromatic rings. The lowest BCUT2D eigenvalue weighted by molar-refractivity contribution is -0.137. The monoisotopic (exact) mass is 289 g/mol. The van der Waals surface area contributed by atoms with Crippen LogP contribution in [-0.2, 0) is 11.2 Å². The number of anilines is 1. The first-order chi connectivity index (χ1) is 10.1. The van der Waals surface area contributed by atoms with Crippen molar-refractivity contribution in [1.29, 1.82) is 0 Å². The molecule has 0 amide bonds. The standard InChI is InChI=1S/C17H23NO3/c1-18-9-3-4-13-15(18)8-7-12(17(13)21-2)14(10-16(19)20)11-5-6-11/h7-8,11,14H,3-6,9-10H2,1-2H3,(H,19,20). The van der Waals surface area contributed by atoms with Crippen LogP contribution in [0.5, 0.6) is 5.75 Å². The summed E-state index contributed by atoms with van der Waals surface area (Å²) >= 11 is 0. The predicted molar refractivity (Wildman–Crippen MR) is 82.3 cm³/mol. The van der Waals surface area contributed by atoms with Crippen LogP contribution in [0.3, 0.4) is 0 Å². The molecule has 1 atom stereocenters. The molecule has 1 saturated carbocycles. The van der Waals surface area contributed by atoms with E-state index in [1.807, 2.05) is 0 Å². The lowest BCUT2D eigenvalue weighted by Crippen LogP contribution is -2.25. The minimum Gasteiger partial charge on any atom is -0.496 e. The van der Waals surface area contributed by atoms with Gasteiger partial charge in [0.25, 0.3) is 0 Å². The molecule has 1 aromatic carbocycles. The lowest BCUT2D eigenvalue weighted by atomic mass is 9.87. The number of hydrogen-bond acceptors (Lipinski definition) is 3. The Kier molecular flexibility index (Phi) is 3.79. The van der Waals surface area contributed by atoms with Crippen molar-refractivity contribution >= 4 is 11.7 Å². The number of benzene rings is 1. The van der Waals surface area contributed by atoms with Crippen molar-refractivity contribution < 1.29 is 14.6 Å². The summed E-state index contributed by atoms with van der Waals surface area (Å²) in [5.41, 5.74) is 3.57. The van der Waals surface area contributed by atoms with Gasteiger partial charge in [0.15, 0.2) is 0 Å². The van der Waals surface area contributed by atoms with Gasteiger partial charge in [0.1, 0.15) is 5.75 Å². The molecule has 21 heavy (non-hydrogen) atoms. The molecule has 3 rings (SSSR count). The van der Waals surface area contributed by atoms with Gasteiger partial charge in [0, 0.05) is 30.8 Å². The SMILES string of the molecule is COc1c(C(CC(=O)O)C2CC2)ccc2c1CCCN2C. The lowest BCUT2D eigenvalue weighted by Gasteiger charge is -2.31. The van der Waals surface area contributed by atoms with Crippen molar-refractivity contribution in [2.75, 3.05) is 25.6 Å². The van der Waals surface area contributed by atoms with Crippen molar-refractivity contribution in [3.05, 3.63) is 23.3 Å². The molecule has 0 bridgehead atoms. The zero-order chi connectivity index (χ0) is 15.0. The van der Waals surface area contributed by atoms with Crippen LogP contribution in [0.2, 0.25) is 0 Å². The van der Waals surface area contributed by atoms with E-state index >= 15 is 0 Å². The summed E-state index contributed by atoms with van der Waals surface area (Å²) in [6, 6.07) is 4.23. The zero-order valence-corrected chi connectivity index (χ0v) is 12.8. The fourth-order valence-electron chi connectivity index (χ4n) is 3.60. The van der Waals surface area contributed by atoms with Gasteiger partial charge in [-0.3, -0.25) is 4.79 Å². The molecule has 1 heterocycles. The average Bonchev–Trinajstić information content (AvgIpc) is 3.28. The molecule has 1 N–H and O–H groups in total. The van der Waals surface area contributed by atoms with Crippen LogP contribution in [-0.4, -0.2) is 31.8 Å². The molecule has 1 aliphatic heterocycles. The van der Waals surface area contributed by atoms with E-state index in [0.29, 0.717) is 5.92 Å². The molecular weight excluding hydrogens is 266 g/mol. The molecule has 1 unspecified atom stereocenters. The van der Waals surface area contributed by atoms with Crippen LogP contribution in [0.15, 0.2) is 12.1 Å². The Hall–Kier alpha value is -1.71. The van der Waals surface area contributed by atoms with Crippen molar-refractivity contribution in [3.8, 4) is 5.75 Å². The minimum absolute atomic E-state index is 0.0926. The largest absolute Gasteiger partial charge is 0.496 e. The van der Waals surface area contributed by atoms with Crippen molar-refractivity contribution in [1.82, 2.24) is 0 Å². The van der Waals surface area contributed by atoms with Crippen molar-refractivity contribution in [2.24, 2.45) is 5.92 Å². The van der Waals surface area contributed by atoms with Gasteiger partial charge in [-0.1, -0.05) is 6.07 Å². The Labute approximate surface area is 125 Å². The third-order valence-electron chi connectivity index (χ3n) is 4.79. The molecular formula is C17H23NO3. The third-order valence-corrected chi connectivity index (χ3v) is 4.79. The molecule has 4 heteroatoms. The first-order valence-electron chi connectivity index (χ1n) is 7.74. The normalized spacial score (nSPS) is 19.0. The van der Waals surface area contributed by atoms with Gasteiger partial charge in [-0.25, -0.2) is 0 Å². The second kappa shape index (κ2) is 5.58. The second-order valence-electron chi connectivity index (χ2n) is 6.25.